The summed E-state index contributed by atoms with van der Waals surface area (Å²) < 4.78 is 5.52. The van der Waals surface area contributed by atoms with Gasteiger partial charge in [0, 0.05) is 17.8 Å². The van der Waals surface area contributed by atoms with Crippen LogP contribution >= 0.6 is 0 Å². The largest absolute Gasteiger partial charge is 0.481 e. The number of hydrogen-bond donors (Lipinski definition) is 1. The van der Waals surface area contributed by atoms with Crippen molar-refractivity contribution in [1.29, 1.82) is 0 Å². The average molecular weight is 251 g/mol. The molecule has 0 heterocycles. The molecule has 0 saturated carbocycles. The van der Waals surface area contributed by atoms with Crippen LogP contribution in [0.5, 0.6) is 5.75 Å². The van der Waals surface area contributed by atoms with E-state index in [2.05, 4.69) is 42.4 Å². The highest BCUT2D eigenvalue weighted by Crippen LogP contribution is 2.19. The van der Waals surface area contributed by atoms with Crippen LogP contribution in [0, 0.1) is 19.3 Å². The molecule has 0 spiro atoms. The molecule has 0 fully saturated rings. The molecule has 0 aromatic heterocycles. The molecule has 0 aliphatic rings. The molecule has 0 atom stereocenters. The summed E-state index contributed by atoms with van der Waals surface area (Å²) in [5.41, 5.74) is 3.44. The fourth-order valence-corrected chi connectivity index (χ4v) is 1.78. The standard InChI is InChI=1S/C17H17NO/c1-3-12-19-17-7-5-4-6-15(17)13-18-16-10-8-14(2)9-11-16/h1,4-11,18H,12-13H2,2H3. The van der Waals surface area contributed by atoms with E-state index in [1.54, 1.807) is 0 Å². The highest BCUT2D eigenvalue weighted by Gasteiger charge is 2.02. The molecule has 0 bridgehead atoms. The van der Waals surface area contributed by atoms with Crippen molar-refractivity contribution in [3.63, 3.8) is 0 Å². The van der Waals surface area contributed by atoms with Crippen LogP contribution < -0.4 is 10.1 Å². The summed E-state index contributed by atoms with van der Waals surface area (Å²) in [5.74, 6) is 3.31. The number of nitrogens with one attached hydrogen (secondary N) is 1. The fourth-order valence-electron chi connectivity index (χ4n) is 1.78. The highest BCUT2D eigenvalue weighted by atomic mass is 16.5. The Balaban J connectivity index is 2.03. The van der Waals surface area contributed by atoms with E-state index in [0.29, 0.717) is 13.2 Å². The number of terminal acetylenes is 1. The maximum atomic E-state index is 5.52. The van der Waals surface area contributed by atoms with Crippen LogP contribution in [0.4, 0.5) is 5.69 Å². The van der Waals surface area contributed by atoms with Crippen molar-refractivity contribution in [3.05, 3.63) is 59.7 Å². The lowest BCUT2D eigenvalue weighted by molar-refractivity contribution is 0.366. The molecular weight excluding hydrogens is 234 g/mol. The maximum absolute atomic E-state index is 5.52. The predicted octanol–water partition coefficient (Wildman–Crippen LogP) is 3.62. The van der Waals surface area contributed by atoms with E-state index in [9.17, 15) is 0 Å². The van der Waals surface area contributed by atoms with Gasteiger partial charge in [0.2, 0.25) is 0 Å². The Hall–Kier alpha value is -2.40. The van der Waals surface area contributed by atoms with Gasteiger partial charge in [0.05, 0.1) is 0 Å². The first kappa shape index (κ1) is 13.0. The van der Waals surface area contributed by atoms with Gasteiger partial charge in [-0.2, -0.15) is 0 Å². The van der Waals surface area contributed by atoms with E-state index in [1.165, 1.54) is 5.56 Å². The predicted molar refractivity (Wildman–Crippen MR) is 79.3 cm³/mol. The second-order valence-electron chi connectivity index (χ2n) is 4.32. The Bertz CT molecular complexity index is 567. The van der Waals surface area contributed by atoms with E-state index in [1.807, 2.05) is 24.3 Å². The van der Waals surface area contributed by atoms with Crippen LogP contribution in [0.25, 0.3) is 0 Å². The zero-order chi connectivity index (χ0) is 13.5. The van der Waals surface area contributed by atoms with Crippen molar-refractivity contribution in [2.24, 2.45) is 0 Å². The van der Waals surface area contributed by atoms with Gasteiger partial charge in [-0.15, -0.1) is 6.42 Å². The molecule has 0 aliphatic heterocycles. The molecule has 2 nitrogen and oxygen atoms in total. The number of aryl methyl sites for hydroxylation is 1. The Morgan fingerprint density at radius 1 is 1.11 bits per heavy atom. The summed E-state index contributed by atoms with van der Waals surface area (Å²) in [4.78, 5) is 0. The van der Waals surface area contributed by atoms with E-state index >= 15 is 0 Å². The van der Waals surface area contributed by atoms with Crippen LogP contribution in [0.15, 0.2) is 48.5 Å². The summed E-state index contributed by atoms with van der Waals surface area (Å²) in [5, 5.41) is 3.37. The van der Waals surface area contributed by atoms with E-state index < -0.39 is 0 Å². The Morgan fingerprint density at radius 2 is 1.84 bits per heavy atom. The van der Waals surface area contributed by atoms with Crippen LogP contribution in [-0.2, 0) is 6.54 Å². The monoisotopic (exact) mass is 251 g/mol. The van der Waals surface area contributed by atoms with Gasteiger partial charge in [-0.3, -0.25) is 0 Å². The second kappa shape index (κ2) is 6.51. The first-order valence-corrected chi connectivity index (χ1v) is 6.24. The van der Waals surface area contributed by atoms with Crippen LogP contribution in [0.3, 0.4) is 0 Å². The molecule has 1 N–H and O–H groups in total. The number of rotatable bonds is 5. The molecule has 2 rings (SSSR count). The lowest BCUT2D eigenvalue weighted by Gasteiger charge is -2.11. The minimum Gasteiger partial charge on any atom is -0.481 e. The summed E-state index contributed by atoms with van der Waals surface area (Å²) in [6, 6.07) is 16.2. The third-order valence-electron chi connectivity index (χ3n) is 2.82. The van der Waals surface area contributed by atoms with Crippen LogP contribution in [0.2, 0.25) is 0 Å². The van der Waals surface area contributed by atoms with Gasteiger partial charge in [-0.05, 0) is 25.1 Å². The van der Waals surface area contributed by atoms with Crippen molar-refractivity contribution in [3.8, 4) is 18.1 Å². The molecule has 0 aliphatic carbocycles. The van der Waals surface area contributed by atoms with Gasteiger partial charge < -0.3 is 10.1 Å². The van der Waals surface area contributed by atoms with Crippen molar-refractivity contribution >= 4 is 5.69 Å². The number of anilines is 1. The van der Waals surface area contributed by atoms with Crippen molar-refractivity contribution in [2.75, 3.05) is 11.9 Å². The number of ether oxygens (including phenoxy) is 1. The van der Waals surface area contributed by atoms with Crippen LogP contribution in [-0.4, -0.2) is 6.61 Å². The lowest BCUT2D eigenvalue weighted by Crippen LogP contribution is -2.03. The molecule has 96 valence electrons. The van der Waals surface area contributed by atoms with E-state index in [4.69, 9.17) is 11.2 Å². The van der Waals surface area contributed by atoms with Gasteiger partial charge in [0.15, 0.2) is 0 Å². The van der Waals surface area contributed by atoms with Gasteiger partial charge in [0.25, 0.3) is 0 Å². The molecule has 2 aromatic rings. The Kier molecular flexibility index (Phi) is 4.47. The number of para-hydroxylation sites is 1. The second-order valence-corrected chi connectivity index (χ2v) is 4.32. The smallest absolute Gasteiger partial charge is 0.148 e. The summed E-state index contributed by atoms with van der Waals surface area (Å²) in [7, 11) is 0. The van der Waals surface area contributed by atoms with Gasteiger partial charge in [0.1, 0.15) is 12.4 Å². The highest BCUT2D eigenvalue weighted by molar-refractivity contribution is 5.46. The van der Waals surface area contributed by atoms with Gasteiger partial charge >= 0.3 is 0 Å². The average Bonchev–Trinajstić information content (AvgIpc) is 2.45. The first-order chi connectivity index (χ1) is 9.29. The summed E-state index contributed by atoms with van der Waals surface area (Å²) in [6.07, 6.45) is 5.21. The quantitative estimate of drug-likeness (QED) is 0.819. The minimum atomic E-state index is 0.293. The Labute approximate surface area is 114 Å². The van der Waals surface area contributed by atoms with E-state index in [0.717, 1.165) is 17.0 Å². The van der Waals surface area contributed by atoms with Crippen molar-refractivity contribution in [2.45, 2.75) is 13.5 Å². The molecule has 2 heteroatoms. The minimum absolute atomic E-state index is 0.293. The summed E-state index contributed by atoms with van der Waals surface area (Å²) in [6.45, 7) is 3.08. The topological polar surface area (TPSA) is 21.3 Å². The molecule has 19 heavy (non-hydrogen) atoms. The molecular formula is C17H17NO. The van der Waals surface area contributed by atoms with Gasteiger partial charge in [-0.25, -0.2) is 0 Å². The van der Waals surface area contributed by atoms with Crippen molar-refractivity contribution < 1.29 is 4.74 Å². The molecule has 2 aromatic carbocycles. The molecule has 0 saturated heterocycles. The third-order valence-corrected chi connectivity index (χ3v) is 2.82. The van der Waals surface area contributed by atoms with Gasteiger partial charge in [-0.1, -0.05) is 41.8 Å². The normalized spacial score (nSPS) is 9.68. The third kappa shape index (κ3) is 3.79. The zero-order valence-corrected chi connectivity index (χ0v) is 11.0. The molecule has 0 unspecified atom stereocenters. The number of benzene rings is 2. The van der Waals surface area contributed by atoms with E-state index in [-0.39, 0.29) is 0 Å². The molecule has 0 amide bonds. The maximum Gasteiger partial charge on any atom is 0.148 e. The molecule has 0 radical (unpaired) electrons. The fraction of sp³-hybridized carbons (Fsp3) is 0.176. The first-order valence-electron chi connectivity index (χ1n) is 6.24. The van der Waals surface area contributed by atoms with Crippen molar-refractivity contribution in [1.82, 2.24) is 0 Å². The summed E-state index contributed by atoms with van der Waals surface area (Å²) >= 11 is 0. The SMILES string of the molecule is C#CCOc1ccccc1CNc1ccc(C)cc1. The Morgan fingerprint density at radius 3 is 2.58 bits per heavy atom. The lowest BCUT2D eigenvalue weighted by atomic mass is 10.2. The zero-order valence-electron chi connectivity index (χ0n) is 11.0. The van der Waals surface area contributed by atoms with Crippen LogP contribution in [0.1, 0.15) is 11.1 Å². The number of hydrogen-bond acceptors (Lipinski definition) is 2.